The molecule has 0 saturated carbocycles. The van der Waals surface area contributed by atoms with Crippen LogP contribution in [0.1, 0.15) is 5.56 Å². The van der Waals surface area contributed by atoms with Crippen molar-refractivity contribution in [2.24, 2.45) is 0 Å². The van der Waals surface area contributed by atoms with E-state index in [1.165, 1.54) is 10.7 Å². The molecule has 3 rings (SSSR count). The van der Waals surface area contributed by atoms with Gasteiger partial charge in [0.05, 0.1) is 12.2 Å². The lowest BCUT2D eigenvalue weighted by Gasteiger charge is -2.06. The summed E-state index contributed by atoms with van der Waals surface area (Å²) in [6, 6.07) is 18.6. The minimum absolute atomic E-state index is 0.117. The van der Waals surface area contributed by atoms with Gasteiger partial charge < -0.3 is 0 Å². The molecule has 0 bridgehead atoms. The summed E-state index contributed by atoms with van der Waals surface area (Å²) in [7, 11) is 0. The molecule has 3 aromatic rings. The summed E-state index contributed by atoms with van der Waals surface area (Å²) < 4.78 is 1.46. The van der Waals surface area contributed by atoms with Crippen molar-refractivity contribution in [1.29, 1.82) is 0 Å². The third-order valence-electron chi connectivity index (χ3n) is 2.97. The van der Waals surface area contributed by atoms with Crippen molar-refractivity contribution in [2.75, 3.05) is 0 Å². The lowest BCUT2D eigenvalue weighted by Crippen LogP contribution is -2.22. The van der Waals surface area contributed by atoms with E-state index in [4.69, 9.17) is 0 Å². The van der Waals surface area contributed by atoms with Crippen molar-refractivity contribution in [3.05, 3.63) is 82.8 Å². The zero-order valence-electron chi connectivity index (χ0n) is 10.8. The van der Waals surface area contributed by atoms with Gasteiger partial charge >= 0.3 is 0 Å². The Morgan fingerprint density at radius 3 is 2.40 bits per heavy atom. The molecule has 0 unspecified atom stereocenters. The van der Waals surface area contributed by atoms with Crippen LogP contribution in [0.15, 0.2) is 71.7 Å². The van der Waals surface area contributed by atoms with Crippen LogP contribution in [0.2, 0.25) is 0 Å². The molecule has 1 aromatic carbocycles. The first-order valence-electron chi connectivity index (χ1n) is 6.36. The lowest BCUT2D eigenvalue weighted by atomic mass is 10.2. The normalized spacial score (nSPS) is 10.4. The second-order valence-electron chi connectivity index (χ2n) is 4.42. The average molecular weight is 263 g/mol. The van der Waals surface area contributed by atoms with Crippen LogP contribution in [0.3, 0.4) is 0 Å². The van der Waals surface area contributed by atoms with Crippen molar-refractivity contribution >= 4 is 0 Å². The molecule has 0 amide bonds. The summed E-state index contributed by atoms with van der Waals surface area (Å²) in [5.41, 5.74) is 2.38. The molecule has 2 heterocycles. The Labute approximate surface area is 116 Å². The zero-order chi connectivity index (χ0) is 13.8. The number of aromatic nitrogens is 3. The van der Waals surface area contributed by atoms with Crippen LogP contribution < -0.4 is 5.56 Å². The second kappa shape index (κ2) is 5.48. The Bertz CT molecular complexity index is 751. The van der Waals surface area contributed by atoms with E-state index in [-0.39, 0.29) is 5.56 Å². The van der Waals surface area contributed by atoms with E-state index in [9.17, 15) is 4.79 Å². The number of hydrogen-bond acceptors (Lipinski definition) is 3. The third-order valence-corrected chi connectivity index (χ3v) is 2.97. The van der Waals surface area contributed by atoms with Crippen molar-refractivity contribution < 1.29 is 0 Å². The maximum Gasteiger partial charge on any atom is 0.267 e. The molecule has 98 valence electrons. The Kier molecular flexibility index (Phi) is 3.37. The van der Waals surface area contributed by atoms with Gasteiger partial charge in [0, 0.05) is 12.3 Å². The highest BCUT2D eigenvalue weighted by Crippen LogP contribution is 2.11. The zero-order valence-corrected chi connectivity index (χ0v) is 10.8. The number of nitrogens with zero attached hydrogens (tertiary/aromatic N) is 3. The predicted molar refractivity (Wildman–Crippen MR) is 77.3 cm³/mol. The highest BCUT2D eigenvalue weighted by molar-refractivity contribution is 5.52. The number of benzene rings is 1. The smallest absolute Gasteiger partial charge is 0.267 e. The Morgan fingerprint density at radius 2 is 1.65 bits per heavy atom. The van der Waals surface area contributed by atoms with Crippen LogP contribution in [0, 0.1) is 0 Å². The third kappa shape index (κ3) is 2.64. The molecule has 4 heteroatoms. The van der Waals surface area contributed by atoms with E-state index >= 15 is 0 Å². The highest BCUT2D eigenvalue weighted by atomic mass is 16.1. The van der Waals surface area contributed by atoms with E-state index in [2.05, 4.69) is 10.1 Å². The quantitative estimate of drug-likeness (QED) is 0.728. The molecule has 2 aromatic heterocycles. The predicted octanol–water partition coefficient (Wildman–Crippen LogP) is 2.35. The van der Waals surface area contributed by atoms with Gasteiger partial charge in [0.25, 0.3) is 5.56 Å². The van der Waals surface area contributed by atoms with Crippen molar-refractivity contribution in [3.8, 4) is 11.4 Å². The van der Waals surface area contributed by atoms with Crippen LogP contribution >= 0.6 is 0 Å². The van der Waals surface area contributed by atoms with E-state index in [1.807, 2.05) is 48.5 Å². The van der Waals surface area contributed by atoms with Crippen LogP contribution in [0.5, 0.6) is 0 Å². The molecule has 0 aliphatic heterocycles. The summed E-state index contributed by atoms with van der Waals surface area (Å²) in [6.45, 7) is 0.459. The molecular formula is C16H13N3O. The fraction of sp³-hybridized carbons (Fsp3) is 0.0625. The largest absolute Gasteiger partial charge is 0.268 e. The monoisotopic (exact) mass is 263 g/mol. The molecule has 0 N–H and O–H groups in total. The number of rotatable bonds is 3. The van der Waals surface area contributed by atoms with Gasteiger partial charge in [-0.15, -0.1) is 0 Å². The molecule has 0 fully saturated rings. The summed E-state index contributed by atoms with van der Waals surface area (Å²) in [5, 5.41) is 4.38. The van der Waals surface area contributed by atoms with E-state index in [0.717, 1.165) is 11.3 Å². The summed E-state index contributed by atoms with van der Waals surface area (Å²) in [5.74, 6) is 0. The first kappa shape index (κ1) is 12.3. The topological polar surface area (TPSA) is 47.8 Å². The fourth-order valence-electron chi connectivity index (χ4n) is 1.97. The van der Waals surface area contributed by atoms with Crippen molar-refractivity contribution in [1.82, 2.24) is 14.8 Å². The fourth-order valence-corrected chi connectivity index (χ4v) is 1.97. The maximum atomic E-state index is 11.9. The minimum Gasteiger partial charge on any atom is -0.268 e. The van der Waals surface area contributed by atoms with Crippen LogP contribution in [0.4, 0.5) is 0 Å². The van der Waals surface area contributed by atoms with Gasteiger partial charge in [-0.25, -0.2) is 4.68 Å². The molecule has 0 aliphatic carbocycles. The van der Waals surface area contributed by atoms with Gasteiger partial charge in [-0.2, -0.15) is 5.10 Å². The first-order chi connectivity index (χ1) is 9.83. The molecule has 0 atom stereocenters. The van der Waals surface area contributed by atoms with E-state index in [0.29, 0.717) is 12.2 Å². The molecular weight excluding hydrogens is 250 g/mol. The van der Waals surface area contributed by atoms with Gasteiger partial charge in [-0.3, -0.25) is 9.78 Å². The second-order valence-corrected chi connectivity index (χ2v) is 4.42. The molecule has 0 spiro atoms. The molecule has 0 aliphatic rings. The SMILES string of the molecule is O=c1ccc(-c2ccccn2)nn1Cc1ccccc1. The highest BCUT2D eigenvalue weighted by Gasteiger charge is 2.04. The average Bonchev–Trinajstić information content (AvgIpc) is 2.51. The van der Waals surface area contributed by atoms with Gasteiger partial charge in [-0.1, -0.05) is 36.4 Å². The van der Waals surface area contributed by atoms with E-state index < -0.39 is 0 Å². The lowest BCUT2D eigenvalue weighted by molar-refractivity contribution is 0.642. The van der Waals surface area contributed by atoms with Gasteiger partial charge in [0.15, 0.2) is 0 Å². The van der Waals surface area contributed by atoms with Crippen LogP contribution in [0.25, 0.3) is 11.4 Å². The molecule has 0 saturated heterocycles. The molecule has 4 nitrogen and oxygen atoms in total. The van der Waals surface area contributed by atoms with Crippen molar-refractivity contribution in [3.63, 3.8) is 0 Å². The van der Waals surface area contributed by atoms with Gasteiger partial charge in [0.1, 0.15) is 5.69 Å². The first-order valence-corrected chi connectivity index (χ1v) is 6.36. The number of pyridine rings is 1. The molecule has 20 heavy (non-hydrogen) atoms. The van der Waals surface area contributed by atoms with Crippen LogP contribution in [-0.2, 0) is 6.54 Å². The van der Waals surface area contributed by atoms with Crippen LogP contribution in [-0.4, -0.2) is 14.8 Å². The minimum atomic E-state index is -0.117. The standard InChI is InChI=1S/C16H13N3O/c20-16-10-9-15(14-8-4-5-11-17-14)18-19(16)12-13-6-2-1-3-7-13/h1-11H,12H2. The van der Waals surface area contributed by atoms with Gasteiger partial charge in [-0.05, 0) is 23.8 Å². The maximum absolute atomic E-state index is 11.9. The van der Waals surface area contributed by atoms with Gasteiger partial charge in [0.2, 0.25) is 0 Å². The Balaban J connectivity index is 1.98. The Hall–Kier alpha value is -2.75. The molecule has 0 radical (unpaired) electrons. The summed E-state index contributed by atoms with van der Waals surface area (Å²) in [4.78, 5) is 16.1. The summed E-state index contributed by atoms with van der Waals surface area (Å²) in [6.07, 6.45) is 1.71. The van der Waals surface area contributed by atoms with E-state index in [1.54, 1.807) is 12.3 Å². The Morgan fingerprint density at radius 1 is 0.850 bits per heavy atom. The van der Waals surface area contributed by atoms with Crippen molar-refractivity contribution in [2.45, 2.75) is 6.54 Å². The number of hydrogen-bond donors (Lipinski definition) is 0. The summed E-state index contributed by atoms with van der Waals surface area (Å²) >= 11 is 0.